The zero-order chi connectivity index (χ0) is 19.6. The standard InChI is InChI=1S/C22H28N6.HI/c1-3-23-22(26-12-10-21-9-4-5-11-25-21)27-16-19-7-6-8-20(15-19)17-28-14-13-24-18(28)2;/h4-9,11,13-15H,3,10,12,16-17H2,1-2H3,(H2,23,26,27);1H. The molecule has 2 aromatic heterocycles. The number of aromatic nitrogens is 3. The highest BCUT2D eigenvalue weighted by Crippen LogP contribution is 2.09. The van der Waals surface area contributed by atoms with E-state index < -0.39 is 0 Å². The van der Waals surface area contributed by atoms with Gasteiger partial charge in [-0.1, -0.05) is 30.3 Å². The van der Waals surface area contributed by atoms with Crippen molar-refractivity contribution in [1.82, 2.24) is 25.2 Å². The molecule has 3 rings (SSSR count). The van der Waals surface area contributed by atoms with E-state index in [0.717, 1.165) is 43.5 Å². The van der Waals surface area contributed by atoms with E-state index in [9.17, 15) is 0 Å². The van der Waals surface area contributed by atoms with Gasteiger partial charge in [0.25, 0.3) is 0 Å². The van der Waals surface area contributed by atoms with E-state index in [-0.39, 0.29) is 24.0 Å². The number of aliphatic imine (C=N–C) groups is 1. The summed E-state index contributed by atoms with van der Waals surface area (Å²) in [6.07, 6.45) is 6.54. The summed E-state index contributed by atoms with van der Waals surface area (Å²) in [5.74, 6) is 1.85. The number of imidazole rings is 1. The third-order valence-corrected chi connectivity index (χ3v) is 4.43. The Morgan fingerprint density at radius 3 is 2.62 bits per heavy atom. The molecule has 0 aliphatic rings. The number of aryl methyl sites for hydroxylation is 1. The molecule has 0 radical (unpaired) electrons. The van der Waals surface area contributed by atoms with Crippen molar-refractivity contribution in [2.75, 3.05) is 13.1 Å². The highest BCUT2D eigenvalue weighted by Gasteiger charge is 2.02. The van der Waals surface area contributed by atoms with Gasteiger partial charge in [0, 0.05) is 50.3 Å². The Morgan fingerprint density at radius 2 is 1.90 bits per heavy atom. The zero-order valence-electron chi connectivity index (χ0n) is 17.0. The van der Waals surface area contributed by atoms with Crippen LogP contribution in [-0.2, 0) is 19.5 Å². The lowest BCUT2D eigenvalue weighted by Crippen LogP contribution is -2.38. The first kappa shape index (κ1) is 22.9. The maximum absolute atomic E-state index is 4.73. The Balaban J connectivity index is 0.00000300. The number of nitrogens with zero attached hydrogens (tertiary/aromatic N) is 4. The first-order chi connectivity index (χ1) is 13.7. The quantitative estimate of drug-likeness (QED) is 0.280. The molecule has 2 heterocycles. The van der Waals surface area contributed by atoms with Crippen molar-refractivity contribution in [2.24, 2.45) is 4.99 Å². The van der Waals surface area contributed by atoms with E-state index >= 15 is 0 Å². The number of nitrogens with one attached hydrogen (secondary N) is 2. The second kappa shape index (κ2) is 12.2. The normalized spacial score (nSPS) is 11.0. The summed E-state index contributed by atoms with van der Waals surface area (Å²) in [7, 11) is 0. The Kier molecular flexibility index (Phi) is 9.63. The monoisotopic (exact) mass is 504 g/mol. The molecule has 6 nitrogen and oxygen atoms in total. The van der Waals surface area contributed by atoms with Crippen LogP contribution in [0.25, 0.3) is 0 Å². The van der Waals surface area contributed by atoms with Crippen LogP contribution in [0.2, 0.25) is 0 Å². The molecule has 0 spiro atoms. The van der Waals surface area contributed by atoms with Crippen molar-refractivity contribution in [3.8, 4) is 0 Å². The van der Waals surface area contributed by atoms with Gasteiger partial charge in [0.05, 0.1) is 6.54 Å². The van der Waals surface area contributed by atoms with E-state index in [1.54, 1.807) is 0 Å². The number of hydrogen-bond donors (Lipinski definition) is 2. The van der Waals surface area contributed by atoms with Crippen molar-refractivity contribution in [3.05, 3.63) is 83.7 Å². The summed E-state index contributed by atoms with van der Waals surface area (Å²) < 4.78 is 2.14. The molecule has 7 heteroatoms. The molecule has 0 bridgehead atoms. The summed E-state index contributed by atoms with van der Waals surface area (Å²) >= 11 is 0. The molecule has 3 aromatic rings. The summed E-state index contributed by atoms with van der Waals surface area (Å²) in [4.78, 5) is 13.4. The van der Waals surface area contributed by atoms with Gasteiger partial charge in [-0.05, 0) is 37.1 Å². The van der Waals surface area contributed by atoms with Gasteiger partial charge in [-0.2, -0.15) is 0 Å². The minimum atomic E-state index is 0. The van der Waals surface area contributed by atoms with Crippen LogP contribution in [0.15, 0.2) is 66.0 Å². The zero-order valence-corrected chi connectivity index (χ0v) is 19.3. The van der Waals surface area contributed by atoms with E-state index in [4.69, 9.17) is 4.99 Å². The summed E-state index contributed by atoms with van der Waals surface area (Å²) in [6, 6.07) is 14.5. The van der Waals surface area contributed by atoms with Crippen LogP contribution in [-0.4, -0.2) is 33.6 Å². The molecule has 0 atom stereocenters. The first-order valence-electron chi connectivity index (χ1n) is 9.72. The molecule has 2 N–H and O–H groups in total. The fourth-order valence-corrected chi connectivity index (χ4v) is 2.96. The fraction of sp³-hybridized carbons (Fsp3) is 0.318. The van der Waals surface area contributed by atoms with Gasteiger partial charge in [-0.15, -0.1) is 24.0 Å². The van der Waals surface area contributed by atoms with Gasteiger partial charge >= 0.3 is 0 Å². The van der Waals surface area contributed by atoms with Crippen LogP contribution >= 0.6 is 24.0 Å². The number of pyridine rings is 1. The second-order valence-corrected chi connectivity index (χ2v) is 6.62. The minimum Gasteiger partial charge on any atom is -0.357 e. The molecule has 0 aliphatic heterocycles. The van der Waals surface area contributed by atoms with Crippen LogP contribution in [0.1, 0.15) is 29.6 Å². The molecule has 0 aliphatic carbocycles. The Bertz CT molecular complexity index is 891. The molecular formula is C22H29IN6. The largest absolute Gasteiger partial charge is 0.357 e. The van der Waals surface area contributed by atoms with Crippen LogP contribution < -0.4 is 10.6 Å². The Hall–Kier alpha value is -2.42. The smallest absolute Gasteiger partial charge is 0.191 e. The van der Waals surface area contributed by atoms with Crippen LogP contribution in [0, 0.1) is 6.92 Å². The van der Waals surface area contributed by atoms with Gasteiger partial charge < -0.3 is 15.2 Å². The molecule has 0 saturated heterocycles. The third kappa shape index (κ3) is 7.49. The lowest BCUT2D eigenvalue weighted by atomic mass is 10.1. The summed E-state index contributed by atoms with van der Waals surface area (Å²) in [6.45, 7) is 7.18. The highest BCUT2D eigenvalue weighted by molar-refractivity contribution is 14.0. The van der Waals surface area contributed by atoms with Crippen LogP contribution in [0.4, 0.5) is 0 Å². The van der Waals surface area contributed by atoms with Crippen molar-refractivity contribution in [1.29, 1.82) is 0 Å². The SMILES string of the molecule is CCNC(=NCc1cccc(Cn2ccnc2C)c1)NCCc1ccccn1.I. The predicted octanol–water partition coefficient (Wildman–Crippen LogP) is 3.55. The first-order valence-corrected chi connectivity index (χ1v) is 9.72. The molecule has 0 fully saturated rings. The lowest BCUT2D eigenvalue weighted by molar-refractivity contribution is 0.759. The van der Waals surface area contributed by atoms with Crippen molar-refractivity contribution >= 4 is 29.9 Å². The fourth-order valence-electron chi connectivity index (χ4n) is 2.96. The Morgan fingerprint density at radius 1 is 1.03 bits per heavy atom. The van der Waals surface area contributed by atoms with E-state index in [2.05, 4.69) is 56.4 Å². The molecular weight excluding hydrogens is 475 g/mol. The number of halogens is 1. The number of hydrogen-bond acceptors (Lipinski definition) is 3. The van der Waals surface area contributed by atoms with Gasteiger partial charge in [0.2, 0.25) is 0 Å². The molecule has 0 unspecified atom stereocenters. The average molecular weight is 504 g/mol. The number of benzene rings is 1. The van der Waals surface area contributed by atoms with Crippen molar-refractivity contribution in [2.45, 2.75) is 33.4 Å². The van der Waals surface area contributed by atoms with Gasteiger partial charge in [-0.3, -0.25) is 4.98 Å². The molecule has 0 saturated carbocycles. The van der Waals surface area contributed by atoms with Gasteiger partial charge in [0.1, 0.15) is 5.82 Å². The molecule has 1 aromatic carbocycles. The third-order valence-electron chi connectivity index (χ3n) is 4.43. The van der Waals surface area contributed by atoms with E-state index in [1.807, 2.05) is 43.7 Å². The minimum absolute atomic E-state index is 0. The van der Waals surface area contributed by atoms with E-state index in [1.165, 1.54) is 11.1 Å². The molecule has 154 valence electrons. The maximum Gasteiger partial charge on any atom is 0.191 e. The second-order valence-electron chi connectivity index (χ2n) is 6.62. The van der Waals surface area contributed by atoms with Crippen LogP contribution in [0.5, 0.6) is 0 Å². The summed E-state index contributed by atoms with van der Waals surface area (Å²) in [5.41, 5.74) is 3.52. The van der Waals surface area contributed by atoms with E-state index in [0.29, 0.717) is 6.54 Å². The summed E-state index contributed by atoms with van der Waals surface area (Å²) in [5, 5.41) is 6.69. The van der Waals surface area contributed by atoms with Crippen molar-refractivity contribution in [3.63, 3.8) is 0 Å². The molecule has 0 amide bonds. The number of guanidine groups is 1. The van der Waals surface area contributed by atoms with Gasteiger partial charge in [0.15, 0.2) is 5.96 Å². The lowest BCUT2D eigenvalue weighted by Gasteiger charge is -2.11. The topological polar surface area (TPSA) is 67.1 Å². The van der Waals surface area contributed by atoms with Crippen molar-refractivity contribution < 1.29 is 0 Å². The van der Waals surface area contributed by atoms with Gasteiger partial charge in [-0.25, -0.2) is 9.98 Å². The molecule has 29 heavy (non-hydrogen) atoms. The average Bonchev–Trinajstić information content (AvgIpc) is 3.12. The Labute approximate surface area is 189 Å². The maximum atomic E-state index is 4.73. The predicted molar refractivity (Wildman–Crippen MR) is 129 cm³/mol. The number of rotatable bonds is 8. The van der Waals surface area contributed by atoms with Crippen LogP contribution in [0.3, 0.4) is 0 Å². The highest BCUT2D eigenvalue weighted by atomic mass is 127.